The van der Waals surface area contributed by atoms with Gasteiger partial charge < -0.3 is 10.6 Å². The van der Waals surface area contributed by atoms with Gasteiger partial charge in [0.15, 0.2) is 5.78 Å². The van der Waals surface area contributed by atoms with E-state index in [2.05, 4.69) is 40.0 Å². The fourth-order valence-corrected chi connectivity index (χ4v) is 3.30. The molecule has 1 amide bonds. The summed E-state index contributed by atoms with van der Waals surface area (Å²) in [6.07, 6.45) is 3.64. The molecule has 0 fully saturated rings. The third-order valence-corrected chi connectivity index (χ3v) is 4.73. The zero-order valence-corrected chi connectivity index (χ0v) is 17.9. The Morgan fingerprint density at radius 2 is 1.86 bits per heavy atom. The third kappa shape index (κ3) is 7.42. The second-order valence-electron chi connectivity index (χ2n) is 7.71. The molecule has 0 aliphatic rings. The van der Waals surface area contributed by atoms with E-state index in [1.807, 2.05) is 39.0 Å². The molecule has 2 aromatic rings. The highest BCUT2D eigenvalue weighted by molar-refractivity contribution is 5.88. The smallest absolute Gasteiger partial charge is 0.242 e. The topological polar surface area (TPSA) is 88.9 Å². The predicted octanol–water partition coefficient (Wildman–Crippen LogP) is 2.68. The molecular formula is C22H33N5O2. The van der Waals surface area contributed by atoms with Crippen LogP contribution in [-0.4, -0.2) is 39.3 Å². The molecule has 158 valence electrons. The van der Waals surface area contributed by atoms with Crippen molar-refractivity contribution in [2.75, 3.05) is 6.54 Å². The third-order valence-electron chi connectivity index (χ3n) is 4.73. The summed E-state index contributed by atoms with van der Waals surface area (Å²) in [5.41, 5.74) is 2.01. The maximum atomic E-state index is 12.5. The Balaban J connectivity index is 2.01. The molecule has 0 unspecified atom stereocenters. The van der Waals surface area contributed by atoms with E-state index in [1.165, 1.54) is 10.2 Å². The molecule has 29 heavy (non-hydrogen) atoms. The molecule has 1 heterocycles. The van der Waals surface area contributed by atoms with Crippen molar-refractivity contribution in [3.05, 3.63) is 47.8 Å². The first-order valence-electron chi connectivity index (χ1n) is 10.4. The number of Topliss-reactive ketones (excluding diaryl/α,β-unsaturated/α-hetero) is 1. The van der Waals surface area contributed by atoms with Gasteiger partial charge in [-0.15, -0.1) is 5.10 Å². The van der Waals surface area contributed by atoms with E-state index in [-0.39, 0.29) is 24.3 Å². The van der Waals surface area contributed by atoms with Crippen molar-refractivity contribution in [2.24, 2.45) is 5.92 Å². The minimum Gasteiger partial charge on any atom is -0.345 e. The van der Waals surface area contributed by atoms with Crippen molar-refractivity contribution in [3.8, 4) is 0 Å². The summed E-state index contributed by atoms with van der Waals surface area (Å²) < 4.78 is 1.53. The van der Waals surface area contributed by atoms with Gasteiger partial charge >= 0.3 is 0 Å². The standard InChI is InChI=1S/C22H33N5O2/c1-5-21(28)19(12-16(3)4)24-22(29)15-27-14-20(25-26-27)18(23-6-2)13-17-10-8-7-9-11-17/h7-11,14,16,18-19,23H,5-6,12-13,15H2,1-4H3,(H,24,29)/t18-,19-/m0/s1. The highest BCUT2D eigenvalue weighted by atomic mass is 16.2. The maximum Gasteiger partial charge on any atom is 0.242 e. The first-order chi connectivity index (χ1) is 13.9. The van der Waals surface area contributed by atoms with E-state index in [4.69, 9.17) is 0 Å². The lowest BCUT2D eigenvalue weighted by Gasteiger charge is -2.19. The Labute approximate surface area is 173 Å². The van der Waals surface area contributed by atoms with Crippen molar-refractivity contribution in [1.29, 1.82) is 0 Å². The average Bonchev–Trinajstić information content (AvgIpc) is 3.15. The molecule has 2 rings (SSSR count). The molecule has 1 aromatic carbocycles. The summed E-state index contributed by atoms with van der Waals surface area (Å²) in [5.74, 6) is 0.158. The number of rotatable bonds is 12. The molecule has 2 N–H and O–H groups in total. The van der Waals surface area contributed by atoms with Gasteiger partial charge in [0.2, 0.25) is 5.91 Å². The van der Waals surface area contributed by atoms with E-state index in [0.29, 0.717) is 18.8 Å². The summed E-state index contributed by atoms with van der Waals surface area (Å²) in [4.78, 5) is 24.6. The number of hydrogen-bond acceptors (Lipinski definition) is 5. The Kier molecular flexibility index (Phi) is 8.99. The Morgan fingerprint density at radius 1 is 1.14 bits per heavy atom. The first kappa shape index (κ1) is 22.7. The normalized spacial score (nSPS) is 13.3. The highest BCUT2D eigenvalue weighted by Gasteiger charge is 2.21. The van der Waals surface area contributed by atoms with Crippen LogP contribution in [0, 0.1) is 5.92 Å². The zero-order valence-electron chi connectivity index (χ0n) is 17.9. The molecule has 0 saturated heterocycles. The number of nitrogens with zero attached hydrogens (tertiary/aromatic N) is 3. The van der Waals surface area contributed by atoms with Crippen LogP contribution in [0.2, 0.25) is 0 Å². The van der Waals surface area contributed by atoms with Crippen LogP contribution in [0.1, 0.15) is 57.8 Å². The van der Waals surface area contributed by atoms with Crippen LogP contribution in [0.3, 0.4) is 0 Å². The van der Waals surface area contributed by atoms with Crippen molar-refractivity contribution >= 4 is 11.7 Å². The molecule has 0 aliphatic carbocycles. The van der Waals surface area contributed by atoms with Gasteiger partial charge in [-0.2, -0.15) is 0 Å². The zero-order chi connectivity index (χ0) is 21.2. The monoisotopic (exact) mass is 399 g/mol. The van der Waals surface area contributed by atoms with Gasteiger partial charge in [0.25, 0.3) is 0 Å². The lowest BCUT2D eigenvalue weighted by molar-refractivity contribution is -0.128. The minimum atomic E-state index is -0.442. The number of hydrogen-bond donors (Lipinski definition) is 2. The molecule has 1 aromatic heterocycles. The molecule has 0 radical (unpaired) electrons. The molecule has 7 nitrogen and oxygen atoms in total. The van der Waals surface area contributed by atoms with E-state index in [1.54, 1.807) is 6.20 Å². The summed E-state index contributed by atoms with van der Waals surface area (Å²) in [6.45, 7) is 8.80. The van der Waals surface area contributed by atoms with Crippen LogP contribution in [0.4, 0.5) is 0 Å². The molecule has 0 spiro atoms. The molecule has 7 heteroatoms. The minimum absolute atomic E-state index is 0.0227. The van der Waals surface area contributed by atoms with Crippen LogP contribution in [0.5, 0.6) is 0 Å². The lowest BCUT2D eigenvalue weighted by atomic mass is 9.99. The Hall–Kier alpha value is -2.54. The summed E-state index contributed by atoms with van der Waals surface area (Å²) in [5, 5.41) is 14.7. The van der Waals surface area contributed by atoms with Gasteiger partial charge in [-0.05, 0) is 30.9 Å². The summed E-state index contributed by atoms with van der Waals surface area (Å²) >= 11 is 0. The van der Waals surface area contributed by atoms with E-state index >= 15 is 0 Å². The van der Waals surface area contributed by atoms with Gasteiger partial charge in [0.1, 0.15) is 6.54 Å². The molecule has 0 aliphatic heterocycles. The lowest BCUT2D eigenvalue weighted by Crippen LogP contribution is -2.43. The van der Waals surface area contributed by atoms with Gasteiger partial charge in [0, 0.05) is 6.42 Å². The Morgan fingerprint density at radius 3 is 2.48 bits per heavy atom. The average molecular weight is 400 g/mol. The van der Waals surface area contributed by atoms with Crippen LogP contribution >= 0.6 is 0 Å². The molecular weight excluding hydrogens is 366 g/mol. The van der Waals surface area contributed by atoms with E-state index in [9.17, 15) is 9.59 Å². The van der Waals surface area contributed by atoms with Crippen molar-refractivity contribution in [1.82, 2.24) is 25.6 Å². The number of aromatic nitrogens is 3. The van der Waals surface area contributed by atoms with Crippen LogP contribution in [0.15, 0.2) is 36.5 Å². The highest BCUT2D eigenvalue weighted by Crippen LogP contribution is 2.16. The van der Waals surface area contributed by atoms with Crippen molar-refractivity contribution in [3.63, 3.8) is 0 Å². The number of ketones is 1. The number of benzene rings is 1. The van der Waals surface area contributed by atoms with Crippen molar-refractivity contribution in [2.45, 2.75) is 65.6 Å². The van der Waals surface area contributed by atoms with Gasteiger partial charge in [-0.1, -0.05) is 63.2 Å². The largest absolute Gasteiger partial charge is 0.345 e. The van der Waals surface area contributed by atoms with Crippen molar-refractivity contribution < 1.29 is 9.59 Å². The SMILES string of the molecule is CCN[C@@H](Cc1ccccc1)c1cn(CC(=O)N[C@@H](CC(C)C)C(=O)CC)nn1. The maximum absolute atomic E-state index is 12.5. The van der Waals surface area contributed by atoms with E-state index < -0.39 is 6.04 Å². The van der Waals surface area contributed by atoms with Crippen LogP contribution < -0.4 is 10.6 Å². The van der Waals surface area contributed by atoms with Crippen LogP contribution in [-0.2, 0) is 22.6 Å². The first-order valence-corrected chi connectivity index (χ1v) is 10.4. The fourth-order valence-electron chi connectivity index (χ4n) is 3.30. The summed E-state index contributed by atoms with van der Waals surface area (Å²) in [6, 6.07) is 9.79. The number of carbonyl (C=O) groups is 2. The number of likely N-dealkylation sites (N-methyl/N-ethyl adjacent to an activating group) is 1. The van der Waals surface area contributed by atoms with E-state index in [0.717, 1.165) is 18.7 Å². The fraction of sp³-hybridized carbons (Fsp3) is 0.545. The molecule has 0 bridgehead atoms. The second kappa shape index (κ2) is 11.5. The number of nitrogens with one attached hydrogen (secondary N) is 2. The van der Waals surface area contributed by atoms with Crippen LogP contribution in [0.25, 0.3) is 0 Å². The number of amides is 1. The summed E-state index contributed by atoms with van der Waals surface area (Å²) in [7, 11) is 0. The molecule has 2 atom stereocenters. The van der Waals surface area contributed by atoms with Gasteiger partial charge in [0.05, 0.1) is 24.0 Å². The predicted molar refractivity (Wildman–Crippen MR) is 113 cm³/mol. The second-order valence-corrected chi connectivity index (χ2v) is 7.71. The number of carbonyl (C=O) groups excluding carboxylic acids is 2. The quantitative estimate of drug-likeness (QED) is 0.573. The molecule has 0 saturated carbocycles. The Bertz CT molecular complexity index is 773. The van der Waals surface area contributed by atoms with Gasteiger partial charge in [-0.3, -0.25) is 9.59 Å². The van der Waals surface area contributed by atoms with Gasteiger partial charge in [-0.25, -0.2) is 4.68 Å².